The molecule has 0 aromatic heterocycles. The Balaban J connectivity index is 2.60. The first-order valence-corrected chi connectivity index (χ1v) is 8.85. The maximum Gasteiger partial charge on any atom is 0.0593 e. The van der Waals surface area contributed by atoms with Gasteiger partial charge >= 0.3 is 0 Å². The van der Waals surface area contributed by atoms with Gasteiger partial charge in [-0.2, -0.15) is 0 Å². The Labute approximate surface area is 131 Å². The van der Waals surface area contributed by atoms with Crippen molar-refractivity contribution in [1.29, 1.82) is 0 Å². The lowest BCUT2D eigenvalue weighted by atomic mass is 9.82. The molecule has 0 aromatic carbocycles. The summed E-state index contributed by atoms with van der Waals surface area (Å²) in [4.78, 5) is 2.59. The molecule has 126 valence electrons. The monoisotopic (exact) mass is 300 g/mol. The molecule has 0 radical (unpaired) electrons. The molecule has 0 aromatic rings. The Morgan fingerprint density at radius 3 is 2.14 bits per heavy atom. The van der Waals surface area contributed by atoms with Crippen LogP contribution in [0.25, 0.3) is 0 Å². The van der Waals surface area contributed by atoms with Gasteiger partial charge in [0.15, 0.2) is 0 Å². The van der Waals surface area contributed by atoms with E-state index in [9.17, 15) is 0 Å². The minimum absolute atomic E-state index is 0.620. The second-order valence-corrected chi connectivity index (χ2v) is 6.08. The summed E-state index contributed by atoms with van der Waals surface area (Å²) in [6.07, 6.45) is 3.92. The summed E-state index contributed by atoms with van der Waals surface area (Å²) in [5.74, 6) is 0.826. The number of nitrogens with one attached hydrogen (secondary N) is 1. The molecule has 0 heterocycles. The Morgan fingerprint density at radius 2 is 1.62 bits per heavy atom. The molecule has 0 saturated heterocycles. The molecule has 1 fully saturated rings. The number of hydrogen-bond donors (Lipinski definition) is 1. The molecule has 0 amide bonds. The van der Waals surface area contributed by atoms with Gasteiger partial charge in [-0.25, -0.2) is 0 Å². The highest BCUT2D eigenvalue weighted by Gasteiger charge is 2.32. The van der Waals surface area contributed by atoms with Crippen LogP contribution in [-0.2, 0) is 9.47 Å². The van der Waals surface area contributed by atoms with Crippen molar-refractivity contribution in [3.63, 3.8) is 0 Å². The van der Waals surface area contributed by atoms with Crippen molar-refractivity contribution < 1.29 is 9.47 Å². The Kier molecular flexibility index (Phi) is 10.3. The minimum atomic E-state index is 0.620. The van der Waals surface area contributed by atoms with E-state index in [0.717, 1.165) is 52.0 Å². The maximum absolute atomic E-state index is 5.58. The molecule has 1 rings (SSSR count). The topological polar surface area (TPSA) is 33.7 Å². The normalized spacial score (nSPS) is 26.4. The quantitative estimate of drug-likeness (QED) is 0.595. The number of ether oxygens (including phenoxy) is 2. The molecule has 3 unspecified atom stereocenters. The molecule has 21 heavy (non-hydrogen) atoms. The highest BCUT2D eigenvalue weighted by molar-refractivity contribution is 4.90. The minimum Gasteiger partial charge on any atom is -0.380 e. The average Bonchev–Trinajstić information content (AvgIpc) is 2.48. The molecule has 1 aliphatic rings. The van der Waals surface area contributed by atoms with Crippen LogP contribution in [-0.4, -0.2) is 63.0 Å². The Morgan fingerprint density at radius 1 is 1.00 bits per heavy atom. The first-order chi connectivity index (χ1) is 10.2. The lowest BCUT2D eigenvalue weighted by Gasteiger charge is -2.42. The summed E-state index contributed by atoms with van der Waals surface area (Å²) in [5, 5.41) is 3.69. The number of rotatable bonds is 11. The molecule has 3 atom stereocenters. The van der Waals surface area contributed by atoms with Gasteiger partial charge in [0.2, 0.25) is 0 Å². The SMILES string of the molecule is CCNC1CCC(C)CC1N(CCOCC)CCOCC. The number of nitrogens with zero attached hydrogens (tertiary/aromatic N) is 1. The van der Waals surface area contributed by atoms with Crippen LogP contribution in [0, 0.1) is 5.92 Å². The van der Waals surface area contributed by atoms with E-state index >= 15 is 0 Å². The van der Waals surface area contributed by atoms with Gasteiger partial charge in [0.1, 0.15) is 0 Å². The van der Waals surface area contributed by atoms with E-state index < -0.39 is 0 Å². The summed E-state index contributed by atoms with van der Waals surface area (Å²) in [5.41, 5.74) is 0. The molecule has 0 aliphatic heterocycles. The standard InChI is InChI=1S/C17H36N2O2/c1-5-18-16-9-8-15(4)14-17(16)19(10-12-20-6-2)11-13-21-7-3/h15-18H,5-14H2,1-4H3. The molecule has 4 heteroatoms. The van der Waals surface area contributed by atoms with E-state index in [4.69, 9.17) is 9.47 Å². The zero-order valence-corrected chi connectivity index (χ0v) is 14.6. The van der Waals surface area contributed by atoms with Crippen molar-refractivity contribution in [2.75, 3.05) is 46.1 Å². The van der Waals surface area contributed by atoms with Crippen molar-refractivity contribution in [2.45, 2.75) is 59.0 Å². The van der Waals surface area contributed by atoms with Crippen molar-refractivity contribution >= 4 is 0 Å². The van der Waals surface area contributed by atoms with Gasteiger partial charge in [-0.3, -0.25) is 4.90 Å². The fourth-order valence-electron chi connectivity index (χ4n) is 3.35. The summed E-state index contributed by atoms with van der Waals surface area (Å²) < 4.78 is 11.2. The fraction of sp³-hybridized carbons (Fsp3) is 1.00. The predicted octanol–water partition coefficient (Wildman–Crippen LogP) is 2.53. The lowest BCUT2D eigenvalue weighted by Crippen LogP contribution is -2.54. The van der Waals surface area contributed by atoms with Crippen LogP contribution in [0.5, 0.6) is 0 Å². The lowest BCUT2D eigenvalue weighted by molar-refractivity contribution is 0.0347. The second kappa shape index (κ2) is 11.4. The third kappa shape index (κ3) is 7.09. The number of hydrogen-bond acceptors (Lipinski definition) is 4. The smallest absolute Gasteiger partial charge is 0.0593 e. The Hall–Kier alpha value is -0.160. The third-order valence-electron chi connectivity index (χ3n) is 4.47. The largest absolute Gasteiger partial charge is 0.380 e. The van der Waals surface area contributed by atoms with E-state index in [1.54, 1.807) is 0 Å². The van der Waals surface area contributed by atoms with Gasteiger partial charge in [-0.15, -0.1) is 0 Å². The van der Waals surface area contributed by atoms with Crippen molar-refractivity contribution in [3.8, 4) is 0 Å². The summed E-state index contributed by atoms with van der Waals surface area (Å²) >= 11 is 0. The van der Waals surface area contributed by atoms with Crippen LogP contribution >= 0.6 is 0 Å². The summed E-state index contributed by atoms with van der Waals surface area (Å²) in [7, 11) is 0. The van der Waals surface area contributed by atoms with E-state index in [1.807, 2.05) is 0 Å². The summed E-state index contributed by atoms with van der Waals surface area (Å²) in [6, 6.07) is 1.24. The Bertz CT molecular complexity index is 241. The first-order valence-electron chi connectivity index (χ1n) is 8.85. The van der Waals surface area contributed by atoms with Gasteiger partial charge in [-0.1, -0.05) is 13.8 Å². The predicted molar refractivity (Wildman–Crippen MR) is 88.8 cm³/mol. The zero-order chi connectivity index (χ0) is 15.5. The maximum atomic E-state index is 5.58. The van der Waals surface area contributed by atoms with E-state index in [2.05, 4.69) is 37.9 Å². The van der Waals surface area contributed by atoms with Crippen LogP contribution in [0.3, 0.4) is 0 Å². The average molecular weight is 300 g/mol. The highest BCUT2D eigenvalue weighted by Crippen LogP contribution is 2.27. The van der Waals surface area contributed by atoms with E-state index in [1.165, 1.54) is 19.3 Å². The molecule has 0 spiro atoms. The molecule has 1 aliphatic carbocycles. The van der Waals surface area contributed by atoms with Crippen LogP contribution in [0.2, 0.25) is 0 Å². The van der Waals surface area contributed by atoms with Gasteiger partial charge < -0.3 is 14.8 Å². The van der Waals surface area contributed by atoms with Gasteiger partial charge in [0, 0.05) is 38.4 Å². The zero-order valence-electron chi connectivity index (χ0n) is 14.6. The van der Waals surface area contributed by atoms with Gasteiger partial charge in [0.05, 0.1) is 13.2 Å². The summed E-state index contributed by atoms with van der Waals surface area (Å²) in [6.45, 7) is 15.1. The van der Waals surface area contributed by atoms with Crippen LogP contribution in [0.15, 0.2) is 0 Å². The fourth-order valence-corrected chi connectivity index (χ4v) is 3.35. The molecule has 1 N–H and O–H groups in total. The molecule has 0 bridgehead atoms. The molecule has 4 nitrogen and oxygen atoms in total. The second-order valence-electron chi connectivity index (χ2n) is 6.08. The van der Waals surface area contributed by atoms with E-state index in [-0.39, 0.29) is 0 Å². The van der Waals surface area contributed by atoms with Crippen LogP contribution in [0.1, 0.15) is 47.0 Å². The van der Waals surface area contributed by atoms with Crippen molar-refractivity contribution in [1.82, 2.24) is 10.2 Å². The van der Waals surface area contributed by atoms with Gasteiger partial charge in [0.25, 0.3) is 0 Å². The highest BCUT2D eigenvalue weighted by atomic mass is 16.5. The van der Waals surface area contributed by atoms with Crippen molar-refractivity contribution in [3.05, 3.63) is 0 Å². The number of likely N-dealkylation sites (N-methyl/N-ethyl adjacent to an activating group) is 1. The van der Waals surface area contributed by atoms with Crippen LogP contribution in [0.4, 0.5) is 0 Å². The first kappa shape index (κ1) is 18.9. The third-order valence-corrected chi connectivity index (χ3v) is 4.47. The molecular weight excluding hydrogens is 264 g/mol. The van der Waals surface area contributed by atoms with E-state index in [0.29, 0.717) is 12.1 Å². The molecule has 1 saturated carbocycles. The molecular formula is C17H36N2O2. The van der Waals surface area contributed by atoms with Crippen molar-refractivity contribution in [2.24, 2.45) is 5.92 Å². The van der Waals surface area contributed by atoms with Gasteiger partial charge in [-0.05, 0) is 45.6 Å². The van der Waals surface area contributed by atoms with Crippen LogP contribution < -0.4 is 5.32 Å².